The van der Waals surface area contributed by atoms with Gasteiger partial charge in [-0.05, 0) is 37.8 Å². The van der Waals surface area contributed by atoms with Gasteiger partial charge in [0.25, 0.3) is 0 Å². The summed E-state index contributed by atoms with van der Waals surface area (Å²) in [5.74, 6) is 0.512. The molecule has 1 aromatic carbocycles. The molecule has 1 heterocycles. The Kier molecular flexibility index (Phi) is 5.11. The number of benzene rings is 1. The van der Waals surface area contributed by atoms with Crippen molar-refractivity contribution in [3.05, 3.63) is 36.0 Å². The van der Waals surface area contributed by atoms with E-state index in [2.05, 4.69) is 40.7 Å². The molecule has 1 amide bonds. The van der Waals surface area contributed by atoms with Crippen LogP contribution in [0.15, 0.2) is 30.3 Å². The van der Waals surface area contributed by atoms with Gasteiger partial charge in [-0.25, -0.2) is 0 Å². The van der Waals surface area contributed by atoms with Crippen molar-refractivity contribution < 1.29 is 4.79 Å². The second-order valence-corrected chi connectivity index (χ2v) is 6.23. The van der Waals surface area contributed by atoms with Crippen molar-refractivity contribution in [1.29, 1.82) is 0 Å². The highest BCUT2D eigenvalue weighted by atomic mass is 16.1. The zero-order valence-electron chi connectivity index (χ0n) is 13.8. The molecule has 0 bridgehead atoms. The lowest BCUT2D eigenvalue weighted by atomic mass is 9.85. The Balaban J connectivity index is 1.53. The number of hydrogen-bond donors (Lipinski definition) is 2. The van der Waals surface area contributed by atoms with Crippen LogP contribution in [0.5, 0.6) is 0 Å². The highest BCUT2D eigenvalue weighted by molar-refractivity contribution is 5.91. The molecule has 1 aromatic heterocycles. The third-order valence-corrected chi connectivity index (χ3v) is 4.58. The van der Waals surface area contributed by atoms with Crippen LogP contribution in [0.3, 0.4) is 0 Å². The summed E-state index contributed by atoms with van der Waals surface area (Å²) in [6.45, 7) is 3.71. The van der Waals surface area contributed by atoms with Crippen molar-refractivity contribution >= 4 is 22.5 Å². The van der Waals surface area contributed by atoms with Gasteiger partial charge in [-0.1, -0.05) is 31.5 Å². The SMILES string of the molecule is CCc1cc(NCCCNC(=O)C2CCC2)c2ccccc2n1. The van der Waals surface area contributed by atoms with E-state index >= 15 is 0 Å². The predicted molar refractivity (Wildman–Crippen MR) is 94.6 cm³/mol. The first-order chi connectivity index (χ1) is 11.3. The number of hydrogen-bond acceptors (Lipinski definition) is 3. The molecule has 1 aliphatic rings. The number of carbonyl (C=O) groups excluding carboxylic acids is 1. The number of aromatic nitrogens is 1. The van der Waals surface area contributed by atoms with Crippen LogP contribution in [-0.4, -0.2) is 24.0 Å². The topological polar surface area (TPSA) is 54.0 Å². The van der Waals surface area contributed by atoms with Crippen molar-refractivity contribution in [2.45, 2.75) is 39.0 Å². The van der Waals surface area contributed by atoms with E-state index in [9.17, 15) is 4.79 Å². The van der Waals surface area contributed by atoms with Crippen LogP contribution >= 0.6 is 0 Å². The molecule has 4 nitrogen and oxygen atoms in total. The van der Waals surface area contributed by atoms with Crippen LogP contribution in [0.4, 0.5) is 5.69 Å². The van der Waals surface area contributed by atoms with Crippen molar-refractivity contribution in [3.8, 4) is 0 Å². The number of nitrogens with one attached hydrogen (secondary N) is 2. The van der Waals surface area contributed by atoms with E-state index in [4.69, 9.17) is 0 Å². The van der Waals surface area contributed by atoms with Crippen LogP contribution in [-0.2, 0) is 11.2 Å². The first kappa shape index (κ1) is 15.8. The number of carbonyl (C=O) groups is 1. The number of amides is 1. The molecule has 0 atom stereocenters. The van der Waals surface area contributed by atoms with Crippen molar-refractivity contribution in [3.63, 3.8) is 0 Å². The quantitative estimate of drug-likeness (QED) is 0.769. The Morgan fingerprint density at radius 1 is 1.26 bits per heavy atom. The Morgan fingerprint density at radius 3 is 2.83 bits per heavy atom. The lowest BCUT2D eigenvalue weighted by Crippen LogP contribution is -2.35. The van der Waals surface area contributed by atoms with Crippen molar-refractivity contribution in [1.82, 2.24) is 10.3 Å². The maximum atomic E-state index is 11.8. The van der Waals surface area contributed by atoms with Crippen LogP contribution in [0.1, 0.15) is 38.3 Å². The van der Waals surface area contributed by atoms with E-state index in [0.717, 1.165) is 61.1 Å². The molecule has 1 aliphatic carbocycles. The molecule has 2 aromatic rings. The monoisotopic (exact) mass is 311 g/mol. The third kappa shape index (κ3) is 3.81. The van der Waals surface area contributed by atoms with E-state index < -0.39 is 0 Å². The number of aryl methyl sites for hydroxylation is 1. The number of anilines is 1. The lowest BCUT2D eigenvalue weighted by Gasteiger charge is -2.24. The largest absolute Gasteiger partial charge is 0.384 e. The maximum absolute atomic E-state index is 11.8. The molecule has 1 saturated carbocycles. The van der Waals surface area contributed by atoms with Gasteiger partial charge in [-0.2, -0.15) is 0 Å². The van der Waals surface area contributed by atoms with Gasteiger partial charge in [0.2, 0.25) is 5.91 Å². The maximum Gasteiger partial charge on any atom is 0.223 e. The fraction of sp³-hybridized carbons (Fsp3) is 0.474. The average molecular weight is 311 g/mol. The molecule has 0 spiro atoms. The van der Waals surface area contributed by atoms with E-state index in [1.54, 1.807) is 0 Å². The molecule has 0 saturated heterocycles. The van der Waals surface area contributed by atoms with Gasteiger partial charge in [-0.15, -0.1) is 0 Å². The van der Waals surface area contributed by atoms with Gasteiger partial charge in [0.15, 0.2) is 0 Å². The van der Waals surface area contributed by atoms with Crippen molar-refractivity contribution in [2.24, 2.45) is 5.92 Å². The molecule has 0 aliphatic heterocycles. The average Bonchev–Trinajstić information content (AvgIpc) is 2.52. The van der Waals surface area contributed by atoms with Crippen LogP contribution < -0.4 is 10.6 Å². The second kappa shape index (κ2) is 7.44. The molecule has 2 N–H and O–H groups in total. The van der Waals surface area contributed by atoms with Gasteiger partial charge in [-0.3, -0.25) is 9.78 Å². The Hall–Kier alpha value is -2.10. The molecule has 4 heteroatoms. The summed E-state index contributed by atoms with van der Waals surface area (Å²) >= 11 is 0. The smallest absolute Gasteiger partial charge is 0.223 e. The summed E-state index contributed by atoms with van der Waals surface area (Å²) in [4.78, 5) is 16.4. The summed E-state index contributed by atoms with van der Waals surface area (Å²) < 4.78 is 0. The normalized spacial score (nSPS) is 14.5. The molecular formula is C19H25N3O. The summed E-state index contributed by atoms with van der Waals surface area (Å²) in [6.07, 6.45) is 5.18. The fourth-order valence-electron chi connectivity index (χ4n) is 2.90. The molecule has 3 rings (SSSR count). The van der Waals surface area contributed by atoms with Crippen molar-refractivity contribution in [2.75, 3.05) is 18.4 Å². The molecule has 122 valence electrons. The fourth-order valence-corrected chi connectivity index (χ4v) is 2.90. The molecule has 0 radical (unpaired) electrons. The first-order valence-corrected chi connectivity index (χ1v) is 8.68. The number of fused-ring (bicyclic) bond motifs is 1. The van der Waals surface area contributed by atoms with Gasteiger partial charge in [0.1, 0.15) is 0 Å². The highest BCUT2D eigenvalue weighted by Gasteiger charge is 2.24. The highest BCUT2D eigenvalue weighted by Crippen LogP contribution is 2.26. The minimum Gasteiger partial charge on any atom is -0.384 e. The Labute approximate surface area is 137 Å². The zero-order chi connectivity index (χ0) is 16.1. The van der Waals surface area contributed by atoms with E-state index in [-0.39, 0.29) is 11.8 Å². The van der Waals surface area contributed by atoms with E-state index in [1.165, 1.54) is 6.42 Å². The summed E-state index contributed by atoms with van der Waals surface area (Å²) in [6, 6.07) is 10.4. The van der Waals surface area contributed by atoms with Gasteiger partial charge < -0.3 is 10.6 Å². The summed E-state index contributed by atoms with van der Waals surface area (Å²) in [5.41, 5.74) is 3.27. The van der Waals surface area contributed by atoms with Crippen LogP contribution in [0.2, 0.25) is 0 Å². The number of rotatable bonds is 7. The molecular weight excluding hydrogens is 286 g/mol. The van der Waals surface area contributed by atoms with Gasteiger partial charge in [0, 0.05) is 35.8 Å². The van der Waals surface area contributed by atoms with Crippen LogP contribution in [0.25, 0.3) is 10.9 Å². The standard InChI is InChI=1S/C19H25N3O/c1-2-15-13-18(16-9-3-4-10-17(16)22-15)20-11-6-12-21-19(23)14-7-5-8-14/h3-4,9-10,13-14H,2,5-8,11-12H2,1H3,(H,20,22)(H,21,23). The number of para-hydroxylation sites is 1. The lowest BCUT2D eigenvalue weighted by molar-refractivity contribution is -0.127. The zero-order valence-corrected chi connectivity index (χ0v) is 13.8. The van der Waals surface area contributed by atoms with E-state index in [1.807, 2.05) is 12.1 Å². The van der Waals surface area contributed by atoms with Gasteiger partial charge >= 0.3 is 0 Å². The molecule has 23 heavy (non-hydrogen) atoms. The summed E-state index contributed by atoms with van der Waals surface area (Å²) in [7, 11) is 0. The van der Waals surface area contributed by atoms with Crippen LogP contribution in [0, 0.1) is 5.92 Å². The minimum atomic E-state index is 0.235. The minimum absolute atomic E-state index is 0.235. The summed E-state index contributed by atoms with van der Waals surface area (Å²) in [5, 5.41) is 7.70. The number of nitrogens with zero attached hydrogens (tertiary/aromatic N) is 1. The second-order valence-electron chi connectivity index (χ2n) is 6.23. The first-order valence-electron chi connectivity index (χ1n) is 8.68. The van der Waals surface area contributed by atoms with E-state index in [0.29, 0.717) is 0 Å². The Morgan fingerprint density at radius 2 is 2.09 bits per heavy atom. The third-order valence-electron chi connectivity index (χ3n) is 4.58. The predicted octanol–water partition coefficient (Wildman–Crippen LogP) is 3.52. The Bertz CT molecular complexity index is 679. The van der Waals surface area contributed by atoms with Gasteiger partial charge in [0.05, 0.1) is 5.52 Å². The molecule has 1 fully saturated rings. The number of pyridine rings is 1. The molecule has 0 unspecified atom stereocenters.